The molecule has 0 saturated heterocycles. The summed E-state index contributed by atoms with van der Waals surface area (Å²) in [6.45, 7) is 0. The van der Waals surface area contributed by atoms with Crippen LogP contribution in [0, 0.1) is 5.82 Å². The molecule has 0 amide bonds. The minimum Gasteiger partial charge on any atom is -0.312 e. The maximum atomic E-state index is 13.7. The van der Waals surface area contributed by atoms with Crippen LogP contribution in [0.25, 0.3) is 0 Å². The van der Waals surface area contributed by atoms with Crippen molar-refractivity contribution in [3.8, 4) is 0 Å². The van der Waals surface area contributed by atoms with Crippen molar-refractivity contribution in [1.82, 2.24) is 10.3 Å². The van der Waals surface area contributed by atoms with E-state index < -0.39 is 0 Å². The molecule has 1 aromatic carbocycles. The van der Waals surface area contributed by atoms with Crippen LogP contribution in [0.1, 0.15) is 40.0 Å². The highest BCUT2D eigenvalue weighted by molar-refractivity contribution is 7.11. The van der Waals surface area contributed by atoms with Crippen LogP contribution in [-0.4, -0.2) is 12.0 Å². The third kappa shape index (κ3) is 2.55. The van der Waals surface area contributed by atoms with Gasteiger partial charge >= 0.3 is 0 Å². The monoisotopic (exact) mass is 276 g/mol. The Balaban J connectivity index is 1.87. The van der Waals surface area contributed by atoms with Gasteiger partial charge < -0.3 is 5.32 Å². The van der Waals surface area contributed by atoms with Crippen LogP contribution in [0.5, 0.6) is 0 Å². The van der Waals surface area contributed by atoms with Gasteiger partial charge in [0.25, 0.3) is 0 Å². The predicted octanol–water partition coefficient (Wildman–Crippen LogP) is 3.47. The first-order chi connectivity index (χ1) is 9.28. The Morgan fingerprint density at radius 2 is 2.26 bits per heavy atom. The number of benzene rings is 1. The van der Waals surface area contributed by atoms with E-state index in [0.717, 1.165) is 23.4 Å². The average Bonchev–Trinajstić information content (AvgIpc) is 2.83. The number of thiazole rings is 1. The quantitative estimate of drug-likeness (QED) is 0.928. The molecule has 19 heavy (non-hydrogen) atoms. The molecule has 0 bridgehead atoms. The van der Waals surface area contributed by atoms with Gasteiger partial charge in [-0.15, -0.1) is 11.3 Å². The van der Waals surface area contributed by atoms with Gasteiger partial charge in [-0.25, -0.2) is 9.37 Å². The molecular formula is C15H17FN2S. The Bertz CT molecular complexity index is 579. The summed E-state index contributed by atoms with van der Waals surface area (Å²) in [7, 11) is 1.98. The fraction of sp³-hybridized carbons (Fsp3) is 0.400. The second kappa shape index (κ2) is 5.39. The SMILES string of the molecule is CNC1CCCc2sc(Cc3ccccc3F)nc21. The van der Waals surface area contributed by atoms with Gasteiger partial charge in [-0.05, 0) is 37.9 Å². The summed E-state index contributed by atoms with van der Waals surface area (Å²) in [5.41, 5.74) is 1.92. The Labute approximate surface area is 116 Å². The molecular weight excluding hydrogens is 259 g/mol. The van der Waals surface area contributed by atoms with Gasteiger partial charge in [0, 0.05) is 11.3 Å². The maximum Gasteiger partial charge on any atom is 0.126 e. The number of halogens is 1. The largest absolute Gasteiger partial charge is 0.312 e. The van der Waals surface area contributed by atoms with E-state index >= 15 is 0 Å². The van der Waals surface area contributed by atoms with E-state index in [0.29, 0.717) is 12.5 Å². The van der Waals surface area contributed by atoms with Gasteiger partial charge in [-0.3, -0.25) is 0 Å². The molecule has 100 valence electrons. The maximum absolute atomic E-state index is 13.7. The number of nitrogens with one attached hydrogen (secondary N) is 1. The molecule has 1 aromatic heterocycles. The number of rotatable bonds is 3. The van der Waals surface area contributed by atoms with E-state index in [1.54, 1.807) is 17.4 Å². The molecule has 0 saturated carbocycles. The second-order valence-corrected chi connectivity index (χ2v) is 6.09. The number of fused-ring (bicyclic) bond motifs is 1. The molecule has 0 fully saturated rings. The van der Waals surface area contributed by atoms with Crippen LogP contribution in [0.15, 0.2) is 24.3 Å². The zero-order chi connectivity index (χ0) is 13.2. The lowest BCUT2D eigenvalue weighted by Crippen LogP contribution is -2.21. The third-order valence-corrected chi connectivity index (χ3v) is 4.78. The summed E-state index contributed by atoms with van der Waals surface area (Å²) in [6.07, 6.45) is 4.06. The predicted molar refractivity (Wildman–Crippen MR) is 76.1 cm³/mol. The summed E-state index contributed by atoms with van der Waals surface area (Å²) in [5, 5.41) is 4.34. The molecule has 2 aromatic rings. The lowest BCUT2D eigenvalue weighted by molar-refractivity contribution is 0.489. The Morgan fingerprint density at radius 3 is 3.05 bits per heavy atom. The molecule has 1 N–H and O–H groups in total. The number of nitrogens with zero attached hydrogens (tertiary/aromatic N) is 1. The number of hydrogen-bond acceptors (Lipinski definition) is 3. The zero-order valence-electron chi connectivity index (χ0n) is 10.9. The Kier molecular flexibility index (Phi) is 3.62. The third-order valence-electron chi connectivity index (χ3n) is 3.65. The second-order valence-electron chi connectivity index (χ2n) is 4.92. The summed E-state index contributed by atoms with van der Waals surface area (Å²) in [6, 6.07) is 7.32. The molecule has 0 spiro atoms. The van der Waals surface area contributed by atoms with Crippen molar-refractivity contribution in [1.29, 1.82) is 0 Å². The van der Waals surface area contributed by atoms with Crippen LogP contribution in [0.3, 0.4) is 0 Å². The molecule has 1 heterocycles. The van der Waals surface area contributed by atoms with Crippen molar-refractivity contribution in [2.45, 2.75) is 31.7 Å². The van der Waals surface area contributed by atoms with Gasteiger partial charge in [0.2, 0.25) is 0 Å². The molecule has 1 aliphatic rings. The summed E-state index contributed by atoms with van der Waals surface area (Å²) in [4.78, 5) is 6.10. The molecule has 4 heteroatoms. The molecule has 1 atom stereocenters. The first-order valence-corrected chi connectivity index (χ1v) is 7.48. The first-order valence-electron chi connectivity index (χ1n) is 6.67. The number of hydrogen-bond donors (Lipinski definition) is 1. The van der Waals surface area contributed by atoms with Crippen molar-refractivity contribution in [3.05, 3.63) is 51.2 Å². The lowest BCUT2D eigenvalue weighted by Gasteiger charge is -2.19. The minimum absolute atomic E-state index is 0.138. The van der Waals surface area contributed by atoms with E-state index in [2.05, 4.69) is 5.32 Å². The van der Waals surface area contributed by atoms with Crippen LogP contribution >= 0.6 is 11.3 Å². The van der Waals surface area contributed by atoms with Crippen molar-refractivity contribution in [3.63, 3.8) is 0 Å². The Morgan fingerprint density at radius 1 is 1.42 bits per heavy atom. The van der Waals surface area contributed by atoms with Crippen LogP contribution in [0.2, 0.25) is 0 Å². The highest BCUT2D eigenvalue weighted by atomic mass is 32.1. The summed E-state index contributed by atoms with van der Waals surface area (Å²) in [5.74, 6) is -0.138. The van der Waals surface area contributed by atoms with Gasteiger partial charge in [0.05, 0.1) is 16.7 Å². The van der Waals surface area contributed by atoms with Gasteiger partial charge in [-0.2, -0.15) is 0 Å². The fourth-order valence-corrected chi connectivity index (χ4v) is 3.83. The van der Waals surface area contributed by atoms with E-state index in [9.17, 15) is 4.39 Å². The number of aryl methyl sites for hydroxylation is 1. The van der Waals surface area contributed by atoms with E-state index in [1.807, 2.05) is 19.2 Å². The van der Waals surface area contributed by atoms with E-state index in [4.69, 9.17) is 4.98 Å². The van der Waals surface area contributed by atoms with Gasteiger partial charge in [0.15, 0.2) is 0 Å². The van der Waals surface area contributed by atoms with Gasteiger partial charge in [0.1, 0.15) is 5.82 Å². The van der Waals surface area contributed by atoms with Gasteiger partial charge in [-0.1, -0.05) is 18.2 Å². The van der Waals surface area contributed by atoms with Crippen LogP contribution < -0.4 is 5.32 Å². The molecule has 0 aliphatic heterocycles. The lowest BCUT2D eigenvalue weighted by atomic mass is 9.98. The smallest absolute Gasteiger partial charge is 0.126 e. The summed E-state index contributed by atoms with van der Waals surface area (Å²) < 4.78 is 13.7. The molecule has 3 rings (SSSR count). The van der Waals surface area contributed by atoms with Crippen molar-refractivity contribution >= 4 is 11.3 Å². The number of aromatic nitrogens is 1. The van der Waals surface area contributed by atoms with Crippen LogP contribution in [0.4, 0.5) is 4.39 Å². The normalized spacial score (nSPS) is 18.3. The van der Waals surface area contributed by atoms with Crippen LogP contribution in [-0.2, 0) is 12.8 Å². The molecule has 2 nitrogen and oxygen atoms in total. The van der Waals surface area contributed by atoms with E-state index in [1.165, 1.54) is 23.1 Å². The van der Waals surface area contributed by atoms with Crippen molar-refractivity contribution in [2.24, 2.45) is 0 Å². The van der Waals surface area contributed by atoms with E-state index in [-0.39, 0.29) is 5.82 Å². The van der Waals surface area contributed by atoms with Crippen molar-refractivity contribution in [2.75, 3.05) is 7.05 Å². The fourth-order valence-electron chi connectivity index (χ4n) is 2.63. The summed E-state index contributed by atoms with van der Waals surface area (Å²) >= 11 is 1.74. The van der Waals surface area contributed by atoms with Crippen molar-refractivity contribution < 1.29 is 4.39 Å². The zero-order valence-corrected chi connectivity index (χ0v) is 11.8. The average molecular weight is 276 g/mol. The Hall–Kier alpha value is -1.26. The molecule has 0 radical (unpaired) electrons. The highest BCUT2D eigenvalue weighted by Gasteiger charge is 2.23. The molecule has 1 unspecified atom stereocenters. The molecule has 1 aliphatic carbocycles. The topological polar surface area (TPSA) is 24.9 Å². The minimum atomic E-state index is -0.138. The first kappa shape index (κ1) is 12.8. The highest BCUT2D eigenvalue weighted by Crippen LogP contribution is 2.33. The standard InChI is InChI=1S/C15H17FN2S/c1-17-12-7-4-8-13-15(12)18-14(19-13)9-10-5-2-3-6-11(10)16/h2-3,5-6,12,17H,4,7-9H2,1H3.